The van der Waals surface area contributed by atoms with Crippen molar-refractivity contribution in [3.8, 4) is 0 Å². The van der Waals surface area contributed by atoms with Crippen LogP contribution in [0.3, 0.4) is 0 Å². The Balaban J connectivity index is 2.47. The van der Waals surface area contributed by atoms with Crippen LogP contribution in [0, 0.1) is 11.8 Å². The molecule has 0 aromatic carbocycles. The van der Waals surface area contributed by atoms with E-state index in [1.54, 1.807) is 0 Å². The highest BCUT2D eigenvalue weighted by atomic mass is 16.3. The zero-order chi connectivity index (χ0) is 9.14. The first-order chi connectivity index (χ1) is 5.63. The molecule has 2 nitrogen and oxygen atoms in total. The Labute approximate surface area is 74.6 Å². The Morgan fingerprint density at radius 1 is 1.17 bits per heavy atom. The van der Waals surface area contributed by atoms with E-state index in [0.29, 0.717) is 0 Å². The second-order valence-corrected chi connectivity index (χ2v) is 4.25. The summed E-state index contributed by atoms with van der Waals surface area (Å²) in [6.45, 7) is 4.01. The molecule has 1 aliphatic carbocycles. The van der Waals surface area contributed by atoms with Crippen LogP contribution in [0.4, 0.5) is 0 Å². The molecule has 0 heterocycles. The van der Waals surface area contributed by atoms with Crippen molar-refractivity contribution in [1.29, 1.82) is 0 Å². The largest absolute Gasteiger partial charge is 0.393 e. The first-order valence-corrected chi connectivity index (χ1v) is 4.99. The van der Waals surface area contributed by atoms with Crippen molar-refractivity contribution in [3.05, 3.63) is 0 Å². The third-order valence-electron chi connectivity index (χ3n) is 2.90. The molecule has 12 heavy (non-hydrogen) atoms. The Bertz CT molecular complexity index is 134. The Morgan fingerprint density at radius 2 is 1.75 bits per heavy atom. The third-order valence-corrected chi connectivity index (χ3v) is 2.90. The van der Waals surface area contributed by atoms with Gasteiger partial charge in [0.2, 0.25) is 0 Å². The molecule has 0 spiro atoms. The topological polar surface area (TPSA) is 40.5 Å². The summed E-state index contributed by atoms with van der Waals surface area (Å²) in [5.74, 6) is 0.390. The molecule has 2 heteroatoms. The van der Waals surface area contributed by atoms with E-state index in [1.807, 2.05) is 13.8 Å². The quantitative estimate of drug-likeness (QED) is 0.663. The van der Waals surface area contributed by atoms with Gasteiger partial charge in [0.1, 0.15) is 0 Å². The molecule has 72 valence electrons. The van der Waals surface area contributed by atoms with Gasteiger partial charge >= 0.3 is 0 Å². The van der Waals surface area contributed by atoms with Crippen LogP contribution in [0.15, 0.2) is 0 Å². The molecule has 1 rings (SSSR count). The fourth-order valence-corrected chi connectivity index (χ4v) is 2.03. The number of aliphatic hydroxyl groups is 2. The average Bonchev–Trinajstić information content (AvgIpc) is 2.04. The fourth-order valence-electron chi connectivity index (χ4n) is 2.03. The summed E-state index contributed by atoms with van der Waals surface area (Å²) < 4.78 is 0. The summed E-state index contributed by atoms with van der Waals surface area (Å²) in [7, 11) is 0. The summed E-state index contributed by atoms with van der Waals surface area (Å²) in [5.41, 5.74) is 0. The van der Waals surface area contributed by atoms with Crippen LogP contribution in [-0.2, 0) is 0 Å². The van der Waals surface area contributed by atoms with Gasteiger partial charge in [-0.05, 0) is 18.8 Å². The van der Waals surface area contributed by atoms with E-state index in [4.69, 9.17) is 0 Å². The molecule has 2 N–H and O–H groups in total. The van der Waals surface area contributed by atoms with Gasteiger partial charge in [0, 0.05) is 5.92 Å². The molecule has 0 aromatic rings. The van der Waals surface area contributed by atoms with Gasteiger partial charge in [-0.1, -0.05) is 26.7 Å². The predicted octanol–water partition coefficient (Wildman–Crippen LogP) is 1.55. The van der Waals surface area contributed by atoms with Crippen molar-refractivity contribution in [2.75, 3.05) is 0 Å². The molecule has 0 amide bonds. The maximum Gasteiger partial charge on any atom is 0.0615 e. The Hall–Kier alpha value is -0.0800. The van der Waals surface area contributed by atoms with Crippen LogP contribution in [0.2, 0.25) is 0 Å². The van der Waals surface area contributed by atoms with Crippen molar-refractivity contribution in [1.82, 2.24) is 0 Å². The Morgan fingerprint density at radius 3 is 2.25 bits per heavy atom. The molecular formula is C10H20O2. The molecule has 1 aliphatic rings. The number of hydrogen-bond donors (Lipinski definition) is 2. The zero-order valence-corrected chi connectivity index (χ0v) is 8.03. The molecule has 3 atom stereocenters. The molecule has 0 saturated heterocycles. The van der Waals surface area contributed by atoms with Crippen molar-refractivity contribution in [2.24, 2.45) is 11.8 Å². The van der Waals surface area contributed by atoms with Gasteiger partial charge in [0.25, 0.3) is 0 Å². The van der Waals surface area contributed by atoms with Gasteiger partial charge in [-0.2, -0.15) is 0 Å². The monoisotopic (exact) mass is 172 g/mol. The van der Waals surface area contributed by atoms with Crippen molar-refractivity contribution in [3.63, 3.8) is 0 Å². The normalized spacial score (nSPS) is 33.8. The van der Waals surface area contributed by atoms with E-state index in [-0.39, 0.29) is 24.0 Å². The number of aliphatic hydroxyl groups excluding tert-OH is 2. The summed E-state index contributed by atoms with van der Waals surface area (Å²) in [6, 6.07) is 0. The summed E-state index contributed by atoms with van der Waals surface area (Å²) in [6.07, 6.45) is 3.54. The van der Waals surface area contributed by atoms with Crippen molar-refractivity contribution in [2.45, 2.75) is 51.7 Å². The lowest BCUT2D eigenvalue weighted by atomic mass is 9.79. The maximum atomic E-state index is 9.76. The van der Waals surface area contributed by atoms with E-state index < -0.39 is 0 Å². The Kier molecular flexibility index (Phi) is 3.53. The van der Waals surface area contributed by atoms with Crippen LogP contribution in [0.1, 0.15) is 39.5 Å². The standard InChI is InChI=1S/C10H20O2/c1-7(2)10(12)8-5-3-4-6-9(8)11/h7-12H,3-6H2,1-2H3/t8-,9-,10+/m0/s1. The SMILES string of the molecule is CC(C)[C@@H](O)[C@H]1CCCC[C@@H]1O. The second-order valence-electron chi connectivity index (χ2n) is 4.25. The third kappa shape index (κ3) is 2.20. The summed E-state index contributed by atoms with van der Waals surface area (Å²) in [5, 5.41) is 19.4. The van der Waals surface area contributed by atoms with Crippen LogP contribution in [0.25, 0.3) is 0 Å². The van der Waals surface area contributed by atoms with Crippen molar-refractivity contribution >= 4 is 0 Å². The van der Waals surface area contributed by atoms with E-state index in [1.165, 1.54) is 0 Å². The van der Waals surface area contributed by atoms with Crippen LogP contribution in [-0.4, -0.2) is 22.4 Å². The molecule has 1 saturated carbocycles. The molecule has 1 fully saturated rings. The van der Waals surface area contributed by atoms with Crippen LogP contribution in [0.5, 0.6) is 0 Å². The highest BCUT2D eigenvalue weighted by molar-refractivity contribution is 4.81. The van der Waals surface area contributed by atoms with Crippen LogP contribution >= 0.6 is 0 Å². The van der Waals surface area contributed by atoms with E-state index in [2.05, 4.69) is 0 Å². The molecule has 0 unspecified atom stereocenters. The zero-order valence-electron chi connectivity index (χ0n) is 8.03. The lowest BCUT2D eigenvalue weighted by Crippen LogP contribution is -2.37. The fraction of sp³-hybridized carbons (Fsp3) is 1.00. The highest BCUT2D eigenvalue weighted by Crippen LogP contribution is 2.29. The summed E-state index contributed by atoms with van der Waals surface area (Å²) >= 11 is 0. The van der Waals surface area contributed by atoms with Crippen LogP contribution < -0.4 is 0 Å². The minimum atomic E-state index is -0.319. The predicted molar refractivity (Wildman–Crippen MR) is 48.8 cm³/mol. The van der Waals surface area contributed by atoms with Gasteiger partial charge in [-0.3, -0.25) is 0 Å². The van der Waals surface area contributed by atoms with Crippen molar-refractivity contribution < 1.29 is 10.2 Å². The maximum absolute atomic E-state index is 9.76. The van der Waals surface area contributed by atoms with Gasteiger partial charge in [0.05, 0.1) is 12.2 Å². The van der Waals surface area contributed by atoms with E-state index in [0.717, 1.165) is 25.7 Å². The number of rotatable bonds is 2. The lowest BCUT2D eigenvalue weighted by Gasteiger charge is -2.33. The minimum absolute atomic E-state index is 0.124. The summed E-state index contributed by atoms with van der Waals surface area (Å²) in [4.78, 5) is 0. The van der Waals surface area contributed by atoms with Gasteiger partial charge in [0.15, 0.2) is 0 Å². The average molecular weight is 172 g/mol. The van der Waals surface area contributed by atoms with Gasteiger partial charge < -0.3 is 10.2 Å². The number of hydrogen-bond acceptors (Lipinski definition) is 2. The first-order valence-electron chi connectivity index (χ1n) is 4.99. The smallest absolute Gasteiger partial charge is 0.0615 e. The molecule has 0 aliphatic heterocycles. The van der Waals surface area contributed by atoms with Gasteiger partial charge in [-0.25, -0.2) is 0 Å². The van der Waals surface area contributed by atoms with E-state index in [9.17, 15) is 10.2 Å². The lowest BCUT2D eigenvalue weighted by molar-refractivity contribution is -0.0320. The van der Waals surface area contributed by atoms with E-state index >= 15 is 0 Å². The van der Waals surface area contributed by atoms with Gasteiger partial charge in [-0.15, -0.1) is 0 Å². The molecule has 0 radical (unpaired) electrons. The second kappa shape index (κ2) is 4.24. The first kappa shape index (κ1) is 10.0. The minimum Gasteiger partial charge on any atom is -0.393 e. The molecule has 0 bridgehead atoms. The molecular weight excluding hydrogens is 152 g/mol. The molecule has 0 aromatic heterocycles. The highest BCUT2D eigenvalue weighted by Gasteiger charge is 2.30.